The van der Waals surface area contributed by atoms with E-state index in [0.717, 1.165) is 6.04 Å². The highest BCUT2D eigenvalue weighted by Gasteiger charge is 2.35. The zero-order valence-corrected chi connectivity index (χ0v) is 11.9. The van der Waals surface area contributed by atoms with Crippen LogP contribution in [0.25, 0.3) is 0 Å². The molecule has 0 aliphatic carbocycles. The number of hydrogen-bond acceptors (Lipinski definition) is 3. The normalized spacial score (nSPS) is 28.1. The van der Waals surface area contributed by atoms with Gasteiger partial charge in [0.1, 0.15) is 0 Å². The maximum Gasteiger partial charge on any atom is 0.0429 e. The quantitative estimate of drug-likeness (QED) is 0.840. The SMILES string of the molecule is CSc1cccc(NC2CCN3CCCCC23)c1. The van der Waals surface area contributed by atoms with Gasteiger partial charge in [-0.3, -0.25) is 4.90 Å². The maximum atomic E-state index is 3.76. The molecular formula is C15H22N2S. The largest absolute Gasteiger partial charge is 0.381 e. The van der Waals surface area contributed by atoms with Crippen LogP contribution in [-0.2, 0) is 0 Å². The molecule has 18 heavy (non-hydrogen) atoms. The fourth-order valence-electron chi connectivity index (χ4n) is 3.34. The van der Waals surface area contributed by atoms with Crippen molar-refractivity contribution in [1.82, 2.24) is 4.90 Å². The van der Waals surface area contributed by atoms with Gasteiger partial charge in [0.25, 0.3) is 0 Å². The Labute approximate surface area is 114 Å². The Morgan fingerprint density at radius 2 is 2.17 bits per heavy atom. The molecule has 2 unspecified atom stereocenters. The average Bonchev–Trinajstić information content (AvgIpc) is 2.83. The Hall–Kier alpha value is -0.670. The summed E-state index contributed by atoms with van der Waals surface area (Å²) in [6, 6.07) is 10.2. The highest BCUT2D eigenvalue weighted by Crippen LogP contribution is 2.30. The minimum absolute atomic E-state index is 0.655. The summed E-state index contributed by atoms with van der Waals surface area (Å²) in [7, 11) is 0. The van der Waals surface area contributed by atoms with Gasteiger partial charge in [-0.05, 0) is 50.3 Å². The van der Waals surface area contributed by atoms with Crippen LogP contribution in [0.2, 0.25) is 0 Å². The van der Waals surface area contributed by atoms with Gasteiger partial charge in [-0.1, -0.05) is 12.5 Å². The Bertz CT molecular complexity index is 407. The topological polar surface area (TPSA) is 15.3 Å². The molecule has 2 saturated heterocycles. The van der Waals surface area contributed by atoms with E-state index in [1.165, 1.54) is 49.4 Å². The monoisotopic (exact) mass is 262 g/mol. The summed E-state index contributed by atoms with van der Waals surface area (Å²) < 4.78 is 0. The molecule has 2 atom stereocenters. The first-order chi connectivity index (χ1) is 8.86. The van der Waals surface area contributed by atoms with Crippen LogP contribution in [0.3, 0.4) is 0 Å². The predicted molar refractivity (Wildman–Crippen MR) is 79.5 cm³/mol. The van der Waals surface area contributed by atoms with E-state index in [1.807, 2.05) is 11.8 Å². The van der Waals surface area contributed by atoms with Crippen LogP contribution >= 0.6 is 11.8 Å². The zero-order valence-electron chi connectivity index (χ0n) is 11.1. The molecule has 0 saturated carbocycles. The molecule has 3 rings (SSSR count). The molecule has 2 fully saturated rings. The molecule has 0 radical (unpaired) electrons. The highest BCUT2D eigenvalue weighted by atomic mass is 32.2. The third-order valence-corrected chi connectivity index (χ3v) is 5.00. The van der Waals surface area contributed by atoms with Crippen molar-refractivity contribution in [1.29, 1.82) is 0 Å². The number of rotatable bonds is 3. The smallest absolute Gasteiger partial charge is 0.0429 e. The first-order valence-electron chi connectivity index (χ1n) is 7.01. The molecule has 2 nitrogen and oxygen atoms in total. The summed E-state index contributed by atoms with van der Waals surface area (Å²) in [5.41, 5.74) is 1.29. The third kappa shape index (κ3) is 2.52. The van der Waals surface area contributed by atoms with Crippen LogP contribution in [-0.4, -0.2) is 36.3 Å². The van der Waals surface area contributed by atoms with Crippen LogP contribution in [0, 0.1) is 0 Å². The highest BCUT2D eigenvalue weighted by molar-refractivity contribution is 7.98. The second-order valence-corrected chi connectivity index (χ2v) is 6.25. The van der Waals surface area contributed by atoms with Crippen LogP contribution in [0.4, 0.5) is 5.69 Å². The number of nitrogens with zero attached hydrogens (tertiary/aromatic N) is 1. The van der Waals surface area contributed by atoms with Crippen molar-refractivity contribution in [3.05, 3.63) is 24.3 Å². The van der Waals surface area contributed by atoms with Crippen molar-refractivity contribution in [3.8, 4) is 0 Å². The van der Waals surface area contributed by atoms with Crippen LogP contribution in [0.5, 0.6) is 0 Å². The summed E-state index contributed by atoms with van der Waals surface area (Å²) in [4.78, 5) is 4.03. The number of nitrogens with one attached hydrogen (secondary N) is 1. The molecule has 1 aromatic carbocycles. The molecule has 2 aliphatic heterocycles. The summed E-state index contributed by atoms with van der Waals surface area (Å²) in [5, 5.41) is 3.76. The van der Waals surface area contributed by atoms with Gasteiger partial charge in [-0.15, -0.1) is 11.8 Å². The molecule has 0 aromatic heterocycles. The number of fused-ring (bicyclic) bond motifs is 1. The summed E-state index contributed by atoms with van der Waals surface area (Å²) in [6.07, 6.45) is 7.61. The van der Waals surface area contributed by atoms with Crippen molar-refractivity contribution >= 4 is 17.4 Å². The number of thioether (sulfide) groups is 1. The van der Waals surface area contributed by atoms with E-state index < -0.39 is 0 Å². The first kappa shape index (κ1) is 12.4. The lowest BCUT2D eigenvalue weighted by atomic mass is 9.99. The summed E-state index contributed by atoms with van der Waals surface area (Å²) >= 11 is 1.81. The molecule has 2 heterocycles. The molecule has 3 heteroatoms. The van der Waals surface area contributed by atoms with Crippen molar-refractivity contribution in [2.75, 3.05) is 24.7 Å². The standard InChI is InChI=1S/C15H22N2S/c1-18-13-6-4-5-12(11-13)16-14-8-10-17-9-3-2-7-15(14)17/h4-6,11,14-16H,2-3,7-10H2,1H3. The molecule has 0 bridgehead atoms. The van der Waals surface area contributed by atoms with Crippen molar-refractivity contribution < 1.29 is 0 Å². The molecule has 98 valence electrons. The zero-order chi connectivity index (χ0) is 12.4. The molecular weight excluding hydrogens is 240 g/mol. The lowest BCUT2D eigenvalue weighted by Gasteiger charge is -2.33. The first-order valence-corrected chi connectivity index (χ1v) is 8.24. The van der Waals surface area contributed by atoms with Crippen LogP contribution < -0.4 is 5.32 Å². The lowest BCUT2D eigenvalue weighted by molar-refractivity contribution is 0.193. The van der Waals surface area contributed by atoms with Crippen LogP contribution in [0.15, 0.2) is 29.2 Å². The van der Waals surface area contributed by atoms with Gasteiger partial charge in [0.15, 0.2) is 0 Å². The van der Waals surface area contributed by atoms with E-state index in [0.29, 0.717) is 6.04 Å². The number of hydrogen-bond donors (Lipinski definition) is 1. The van der Waals surface area contributed by atoms with Gasteiger partial charge in [0, 0.05) is 29.2 Å². The van der Waals surface area contributed by atoms with Gasteiger partial charge in [0.2, 0.25) is 0 Å². The third-order valence-electron chi connectivity index (χ3n) is 4.28. The minimum atomic E-state index is 0.655. The molecule has 0 amide bonds. The number of piperidine rings is 1. The number of benzene rings is 1. The average molecular weight is 262 g/mol. The predicted octanol–water partition coefficient (Wildman–Crippen LogP) is 3.45. The Balaban J connectivity index is 1.68. The van der Waals surface area contributed by atoms with Gasteiger partial charge in [-0.2, -0.15) is 0 Å². The van der Waals surface area contributed by atoms with Gasteiger partial charge in [-0.25, -0.2) is 0 Å². The summed E-state index contributed by atoms with van der Waals surface area (Å²) in [5.74, 6) is 0. The van der Waals surface area contributed by atoms with Crippen molar-refractivity contribution in [3.63, 3.8) is 0 Å². The van der Waals surface area contributed by atoms with E-state index in [-0.39, 0.29) is 0 Å². The maximum absolute atomic E-state index is 3.76. The molecule has 1 N–H and O–H groups in total. The number of anilines is 1. The van der Waals surface area contributed by atoms with E-state index in [1.54, 1.807) is 0 Å². The van der Waals surface area contributed by atoms with E-state index in [4.69, 9.17) is 0 Å². The Morgan fingerprint density at radius 1 is 1.22 bits per heavy atom. The second kappa shape index (κ2) is 5.54. The summed E-state index contributed by atoms with van der Waals surface area (Å²) in [6.45, 7) is 2.60. The van der Waals surface area contributed by atoms with Gasteiger partial charge >= 0.3 is 0 Å². The van der Waals surface area contributed by atoms with E-state index in [9.17, 15) is 0 Å². The molecule has 1 aromatic rings. The molecule has 0 spiro atoms. The fraction of sp³-hybridized carbons (Fsp3) is 0.600. The van der Waals surface area contributed by atoms with E-state index in [2.05, 4.69) is 40.7 Å². The molecule has 2 aliphatic rings. The lowest BCUT2D eigenvalue weighted by Crippen LogP contribution is -2.41. The van der Waals surface area contributed by atoms with Gasteiger partial charge < -0.3 is 5.32 Å². The van der Waals surface area contributed by atoms with E-state index >= 15 is 0 Å². The van der Waals surface area contributed by atoms with Crippen molar-refractivity contribution in [2.45, 2.75) is 42.7 Å². The van der Waals surface area contributed by atoms with Gasteiger partial charge in [0.05, 0.1) is 0 Å². The minimum Gasteiger partial charge on any atom is -0.381 e. The fourth-order valence-corrected chi connectivity index (χ4v) is 3.80. The Morgan fingerprint density at radius 3 is 3.06 bits per heavy atom. The van der Waals surface area contributed by atoms with Crippen LogP contribution in [0.1, 0.15) is 25.7 Å². The van der Waals surface area contributed by atoms with Crippen molar-refractivity contribution in [2.24, 2.45) is 0 Å². The second-order valence-electron chi connectivity index (χ2n) is 5.37. The Kier molecular flexibility index (Phi) is 3.80.